The Kier molecular flexibility index (Phi) is 2.00. The molecule has 3 N–H and O–H groups in total. The van der Waals surface area contributed by atoms with Crippen molar-refractivity contribution in [1.82, 2.24) is 5.32 Å². The smallest absolute Gasteiger partial charge is 0.165 e. The molecule has 0 heterocycles. The molecule has 1 aliphatic rings. The maximum atomic E-state index is 13.6. The zero-order valence-electron chi connectivity index (χ0n) is 6.76. The van der Waals surface area contributed by atoms with Crippen LogP contribution in [0.25, 0.3) is 0 Å². The molecule has 0 saturated heterocycles. The minimum absolute atomic E-state index is 0.277. The van der Waals surface area contributed by atoms with Crippen LogP contribution in [0.4, 0.5) is 4.39 Å². The maximum absolute atomic E-state index is 13.6. The van der Waals surface area contributed by atoms with E-state index in [-0.39, 0.29) is 11.7 Å². The van der Waals surface area contributed by atoms with Gasteiger partial charge in [0, 0.05) is 5.70 Å². The highest BCUT2D eigenvalue weighted by molar-refractivity contribution is 5.30. The van der Waals surface area contributed by atoms with Gasteiger partial charge in [-0.3, -0.25) is 0 Å². The SMILES string of the molecule is CNC1C=CC=C(N)C1(C)F. The van der Waals surface area contributed by atoms with Crippen molar-refractivity contribution >= 4 is 0 Å². The molecule has 0 saturated carbocycles. The van der Waals surface area contributed by atoms with Gasteiger partial charge in [0.05, 0.1) is 6.04 Å². The molecule has 0 bridgehead atoms. The molecule has 62 valence electrons. The number of likely N-dealkylation sites (N-methyl/N-ethyl adjacent to an activating group) is 1. The Balaban J connectivity index is 2.89. The average molecular weight is 156 g/mol. The highest BCUT2D eigenvalue weighted by atomic mass is 19.1. The molecule has 1 rings (SSSR count). The van der Waals surface area contributed by atoms with Crippen molar-refractivity contribution < 1.29 is 4.39 Å². The minimum Gasteiger partial charge on any atom is -0.399 e. The molecule has 2 atom stereocenters. The summed E-state index contributed by atoms with van der Waals surface area (Å²) >= 11 is 0. The van der Waals surface area contributed by atoms with Crippen molar-refractivity contribution in [3.63, 3.8) is 0 Å². The van der Waals surface area contributed by atoms with Gasteiger partial charge < -0.3 is 11.1 Å². The lowest BCUT2D eigenvalue weighted by Crippen LogP contribution is -2.47. The minimum atomic E-state index is -1.45. The summed E-state index contributed by atoms with van der Waals surface area (Å²) in [5, 5.41) is 2.84. The molecular formula is C8H13FN2. The van der Waals surface area contributed by atoms with Crippen LogP contribution in [0.3, 0.4) is 0 Å². The summed E-state index contributed by atoms with van der Waals surface area (Å²) in [7, 11) is 1.71. The predicted octanol–water partition coefficient (Wildman–Crippen LogP) is 0.715. The van der Waals surface area contributed by atoms with E-state index in [4.69, 9.17) is 5.73 Å². The van der Waals surface area contributed by atoms with Crippen LogP contribution in [0.1, 0.15) is 6.92 Å². The maximum Gasteiger partial charge on any atom is 0.165 e. The fourth-order valence-electron chi connectivity index (χ4n) is 1.16. The molecule has 3 heteroatoms. The van der Waals surface area contributed by atoms with Crippen molar-refractivity contribution in [2.45, 2.75) is 18.6 Å². The fourth-order valence-corrected chi connectivity index (χ4v) is 1.16. The molecule has 0 spiro atoms. The van der Waals surface area contributed by atoms with E-state index >= 15 is 0 Å². The summed E-state index contributed by atoms with van der Waals surface area (Å²) in [6, 6.07) is -0.313. The van der Waals surface area contributed by atoms with Gasteiger partial charge in [-0.2, -0.15) is 0 Å². The Morgan fingerprint density at radius 2 is 2.36 bits per heavy atom. The van der Waals surface area contributed by atoms with E-state index in [2.05, 4.69) is 5.32 Å². The topological polar surface area (TPSA) is 38.0 Å². The third kappa shape index (κ3) is 1.28. The Hall–Kier alpha value is -0.830. The lowest BCUT2D eigenvalue weighted by Gasteiger charge is -2.30. The molecule has 0 fully saturated rings. The number of nitrogens with one attached hydrogen (secondary N) is 1. The summed E-state index contributed by atoms with van der Waals surface area (Å²) in [6.45, 7) is 1.48. The number of hydrogen-bond acceptors (Lipinski definition) is 2. The van der Waals surface area contributed by atoms with Gasteiger partial charge in [-0.1, -0.05) is 12.2 Å². The van der Waals surface area contributed by atoms with Gasteiger partial charge in [0.2, 0.25) is 0 Å². The zero-order valence-corrected chi connectivity index (χ0v) is 6.76. The number of halogens is 1. The van der Waals surface area contributed by atoms with E-state index in [1.54, 1.807) is 25.3 Å². The van der Waals surface area contributed by atoms with Crippen LogP contribution in [0.2, 0.25) is 0 Å². The van der Waals surface area contributed by atoms with Gasteiger partial charge >= 0.3 is 0 Å². The Morgan fingerprint density at radius 1 is 1.73 bits per heavy atom. The molecule has 0 radical (unpaired) electrons. The second-order valence-corrected chi connectivity index (χ2v) is 2.85. The average Bonchev–Trinajstić information content (AvgIpc) is 1.95. The monoisotopic (exact) mass is 156 g/mol. The quantitative estimate of drug-likeness (QED) is 0.587. The number of allylic oxidation sites excluding steroid dienone is 2. The van der Waals surface area contributed by atoms with E-state index in [0.717, 1.165) is 0 Å². The van der Waals surface area contributed by atoms with Crippen LogP contribution in [0, 0.1) is 0 Å². The first-order valence-electron chi connectivity index (χ1n) is 3.59. The first-order chi connectivity index (χ1) is 5.09. The molecular weight excluding hydrogens is 143 g/mol. The van der Waals surface area contributed by atoms with Crippen molar-refractivity contribution in [2.24, 2.45) is 5.73 Å². The number of alkyl halides is 1. The molecule has 0 aromatic rings. The number of hydrogen-bond donors (Lipinski definition) is 2. The van der Waals surface area contributed by atoms with Gasteiger partial charge in [0.15, 0.2) is 5.67 Å². The Bertz CT molecular complexity index is 206. The standard InChI is InChI=1S/C8H13FN2/c1-8(9)6(10)4-3-5-7(8)11-2/h3-5,7,11H,10H2,1-2H3. The molecule has 1 aliphatic carbocycles. The van der Waals surface area contributed by atoms with Crippen molar-refractivity contribution in [2.75, 3.05) is 7.05 Å². The summed E-state index contributed by atoms with van der Waals surface area (Å²) in [4.78, 5) is 0. The third-order valence-electron chi connectivity index (χ3n) is 2.04. The van der Waals surface area contributed by atoms with E-state index in [1.807, 2.05) is 0 Å². The third-order valence-corrected chi connectivity index (χ3v) is 2.04. The van der Waals surface area contributed by atoms with Gasteiger partial charge in [-0.05, 0) is 20.0 Å². The summed E-state index contributed by atoms with van der Waals surface area (Å²) in [5.74, 6) is 0. The zero-order chi connectivity index (χ0) is 8.48. The highest BCUT2D eigenvalue weighted by Gasteiger charge is 2.35. The number of rotatable bonds is 1. The molecule has 0 aliphatic heterocycles. The molecule has 2 unspecified atom stereocenters. The van der Waals surface area contributed by atoms with Crippen LogP contribution >= 0.6 is 0 Å². The van der Waals surface area contributed by atoms with Gasteiger partial charge in [0.1, 0.15) is 0 Å². The molecule has 0 aromatic carbocycles. The molecule has 0 amide bonds. The van der Waals surface area contributed by atoms with E-state index in [1.165, 1.54) is 6.92 Å². The van der Waals surface area contributed by atoms with E-state index < -0.39 is 5.67 Å². The Labute approximate surface area is 66.0 Å². The first kappa shape index (κ1) is 8.27. The van der Waals surface area contributed by atoms with Gasteiger partial charge in [0.25, 0.3) is 0 Å². The van der Waals surface area contributed by atoms with Gasteiger partial charge in [-0.15, -0.1) is 0 Å². The van der Waals surface area contributed by atoms with Crippen LogP contribution in [0.15, 0.2) is 23.9 Å². The lowest BCUT2D eigenvalue weighted by molar-refractivity contribution is 0.195. The van der Waals surface area contributed by atoms with Crippen molar-refractivity contribution in [3.05, 3.63) is 23.9 Å². The van der Waals surface area contributed by atoms with Crippen LogP contribution in [-0.2, 0) is 0 Å². The highest BCUT2D eigenvalue weighted by Crippen LogP contribution is 2.25. The van der Waals surface area contributed by atoms with Crippen molar-refractivity contribution in [1.29, 1.82) is 0 Å². The Morgan fingerprint density at radius 3 is 2.82 bits per heavy atom. The summed E-state index contributed by atoms with van der Waals surface area (Å²) < 4.78 is 13.6. The van der Waals surface area contributed by atoms with Crippen molar-refractivity contribution in [3.8, 4) is 0 Å². The molecule has 0 aromatic heterocycles. The number of nitrogens with two attached hydrogens (primary N) is 1. The second kappa shape index (κ2) is 2.66. The second-order valence-electron chi connectivity index (χ2n) is 2.85. The largest absolute Gasteiger partial charge is 0.399 e. The molecule has 11 heavy (non-hydrogen) atoms. The van der Waals surface area contributed by atoms with Crippen LogP contribution in [0.5, 0.6) is 0 Å². The van der Waals surface area contributed by atoms with Gasteiger partial charge in [-0.25, -0.2) is 4.39 Å². The fraction of sp³-hybridized carbons (Fsp3) is 0.500. The van der Waals surface area contributed by atoms with E-state index in [0.29, 0.717) is 0 Å². The summed E-state index contributed by atoms with van der Waals surface area (Å²) in [6.07, 6.45) is 5.11. The predicted molar refractivity (Wildman–Crippen MR) is 43.8 cm³/mol. The summed E-state index contributed by atoms with van der Waals surface area (Å²) in [5.41, 5.74) is 4.30. The lowest BCUT2D eigenvalue weighted by atomic mass is 9.91. The van der Waals surface area contributed by atoms with Crippen LogP contribution < -0.4 is 11.1 Å². The normalized spacial score (nSPS) is 37.0. The first-order valence-corrected chi connectivity index (χ1v) is 3.59. The molecule has 2 nitrogen and oxygen atoms in total. The van der Waals surface area contributed by atoms with Crippen LogP contribution in [-0.4, -0.2) is 18.8 Å². The van der Waals surface area contributed by atoms with E-state index in [9.17, 15) is 4.39 Å².